The summed E-state index contributed by atoms with van der Waals surface area (Å²) in [4.78, 5) is 7.16. The molecule has 11 heteroatoms. The van der Waals surface area contributed by atoms with E-state index in [2.05, 4.69) is 42.9 Å². The lowest BCUT2D eigenvalue weighted by Crippen LogP contribution is -2.36. The van der Waals surface area contributed by atoms with Crippen molar-refractivity contribution >= 4 is 24.0 Å². The number of nitrogens with one attached hydrogen (secondary N) is 1. The molecule has 1 N–H and O–H groups in total. The van der Waals surface area contributed by atoms with Gasteiger partial charge < -0.3 is 14.4 Å². The molecule has 1 atom stereocenters. The highest BCUT2D eigenvalue weighted by Crippen LogP contribution is 2.33. The number of rotatable bonds is 5. The predicted octanol–water partition coefficient (Wildman–Crippen LogP) is 2.17. The Hall–Kier alpha value is -3.18. The predicted molar refractivity (Wildman–Crippen MR) is 112 cm³/mol. The molecule has 1 fully saturated rings. The van der Waals surface area contributed by atoms with Gasteiger partial charge in [-0.1, -0.05) is 12.1 Å². The number of fused-ring (bicyclic) bond motifs is 1. The van der Waals surface area contributed by atoms with Crippen LogP contribution in [-0.2, 0) is 4.74 Å². The summed E-state index contributed by atoms with van der Waals surface area (Å²) in [6, 6.07) is 9.64. The van der Waals surface area contributed by atoms with Crippen molar-refractivity contribution in [3.05, 3.63) is 42.5 Å². The SMILES string of the molecule is CC(Oc1nn2c(-c3ccccc3S)nnc2cc1N1CCOCC1)c1ncn[nH]1. The Labute approximate surface area is 177 Å². The third-order valence-corrected chi connectivity index (χ3v) is 5.33. The molecule has 4 heterocycles. The summed E-state index contributed by atoms with van der Waals surface area (Å²) in [5.41, 5.74) is 2.31. The van der Waals surface area contributed by atoms with Gasteiger partial charge in [-0.2, -0.15) is 9.61 Å². The van der Waals surface area contributed by atoms with E-state index in [1.807, 2.05) is 37.3 Å². The van der Waals surface area contributed by atoms with Crippen LogP contribution in [0.1, 0.15) is 18.9 Å². The highest BCUT2D eigenvalue weighted by atomic mass is 32.1. The maximum Gasteiger partial charge on any atom is 0.256 e. The van der Waals surface area contributed by atoms with E-state index >= 15 is 0 Å². The summed E-state index contributed by atoms with van der Waals surface area (Å²) in [6.07, 6.45) is 1.09. The molecule has 4 aromatic rings. The first-order chi connectivity index (χ1) is 14.7. The molecule has 1 unspecified atom stereocenters. The van der Waals surface area contributed by atoms with Gasteiger partial charge in [0.05, 0.1) is 13.2 Å². The zero-order chi connectivity index (χ0) is 20.5. The topological polar surface area (TPSA) is 106 Å². The van der Waals surface area contributed by atoms with Crippen LogP contribution in [-0.4, -0.2) is 61.3 Å². The van der Waals surface area contributed by atoms with Gasteiger partial charge in [-0.3, -0.25) is 5.10 Å². The molecule has 1 aromatic carbocycles. The van der Waals surface area contributed by atoms with Gasteiger partial charge in [0.2, 0.25) is 0 Å². The minimum Gasteiger partial charge on any atom is -0.464 e. The largest absolute Gasteiger partial charge is 0.464 e. The van der Waals surface area contributed by atoms with Gasteiger partial charge in [0.15, 0.2) is 23.4 Å². The van der Waals surface area contributed by atoms with E-state index < -0.39 is 0 Å². The molecule has 1 saturated heterocycles. The lowest BCUT2D eigenvalue weighted by Gasteiger charge is -2.30. The van der Waals surface area contributed by atoms with E-state index in [1.54, 1.807) is 4.52 Å². The van der Waals surface area contributed by atoms with Gasteiger partial charge in [0.1, 0.15) is 12.0 Å². The third-order valence-electron chi connectivity index (χ3n) is 4.94. The quantitative estimate of drug-likeness (QED) is 0.470. The van der Waals surface area contributed by atoms with Crippen molar-refractivity contribution in [1.82, 2.24) is 35.0 Å². The molecule has 154 valence electrons. The van der Waals surface area contributed by atoms with Gasteiger partial charge in [0, 0.05) is 29.6 Å². The van der Waals surface area contributed by atoms with Crippen molar-refractivity contribution in [2.24, 2.45) is 0 Å². The Kier molecular flexibility index (Phi) is 4.97. The van der Waals surface area contributed by atoms with Gasteiger partial charge >= 0.3 is 0 Å². The molecule has 0 bridgehead atoms. The first-order valence-electron chi connectivity index (χ1n) is 9.60. The van der Waals surface area contributed by atoms with E-state index in [0.29, 0.717) is 36.4 Å². The maximum atomic E-state index is 6.22. The summed E-state index contributed by atoms with van der Waals surface area (Å²) in [7, 11) is 0. The molecule has 0 amide bonds. The number of H-pyrrole nitrogens is 1. The van der Waals surface area contributed by atoms with Crippen LogP contribution in [0.2, 0.25) is 0 Å². The van der Waals surface area contributed by atoms with E-state index in [9.17, 15) is 0 Å². The fourth-order valence-electron chi connectivity index (χ4n) is 3.39. The van der Waals surface area contributed by atoms with Crippen LogP contribution in [0.15, 0.2) is 41.6 Å². The van der Waals surface area contributed by atoms with Gasteiger partial charge in [0.25, 0.3) is 5.88 Å². The van der Waals surface area contributed by atoms with Crippen molar-refractivity contribution in [2.45, 2.75) is 17.9 Å². The average molecular weight is 424 g/mol. The minimum absolute atomic E-state index is 0.366. The second kappa shape index (κ2) is 7.92. The fourth-order valence-corrected chi connectivity index (χ4v) is 3.65. The number of anilines is 1. The maximum absolute atomic E-state index is 6.22. The smallest absolute Gasteiger partial charge is 0.256 e. The molecule has 0 radical (unpaired) electrons. The summed E-state index contributed by atoms with van der Waals surface area (Å²) >= 11 is 4.55. The molecule has 1 aliphatic heterocycles. The number of benzene rings is 1. The minimum atomic E-state index is -0.366. The zero-order valence-electron chi connectivity index (χ0n) is 16.3. The van der Waals surface area contributed by atoms with E-state index in [-0.39, 0.29) is 6.10 Å². The number of morpholine rings is 1. The van der Waals surface area contributed by atoms with Crippen LogP contribution in [0.25, 0.3) is 17.0 Å². The lowest BCUT2D eigenvalue weighted by atomic mass is 10.2. The van der Waals surface area contributed by atoms with Gasteiger partial charge in [-0.05, 0) is 19.1 Å². The highest BCUT2D eigenvalue weighted by molar-refractivity contribution is 7.80. The van der Waals surface area contributed by atoms with Crippen LogP contribution in [0.3, 0.4) is 0 Å². The van der Waals surface area contributed by atoms with Crippen LogP contribution >= 0.6 is 12.6 Å². The standard InChI is InChI=1S/C19H20N8O2S/c1-12(17-20-11-21-23-17)29-19-14(26-6-8-28-9-7-26)10-16-22-24-18(27(16)25-19)13-4-2-3-5-15(13)30/h2-5,10-12,30H,6-9H2,1H3,(H,20,21,23). The van der Waals surface area contributed by atoms with E-state index in [0.717, 1.165) is 29.2 Å². The van der Waals surface area contributed by atoms with E-state index in [1.165, 1.54) is 6.33 Å². The average Bonchev–Trinajstić information content (AvgIpc) is 3.44. The number of hydrogen-bond donors (Lipinski definition) is 2. The third kappa shape index (κ3) is 3.46. The van der Waals surface area contributed by atoms with E-state index in [4.69, 9.17) is 14.6 Å². The number of hydrogen-bond acceptors (Lipinski definition) is 9. The molecular weight excluding hydrogens is 404 g/mol. The first-order valence-corrected chi connectivity index (χ1v) is 10.0. The Morgan fingerprint density at radius 2 is 2.03 bits per heavy atom. The second-order valence-electron chi connectivity index (χ2n) is 6.88. The van der Waals surface area contributed by atoms with Crippen LogP contribution in [0, 0.1) is 0 Å². The van der Waals surface area contributed by atoms with Gasteiger partial charge in [-0.25, -0.2) is 4.98 Å². The first kappa shape index (κ1) is 18.8. The number of ether oxygens (including phenoxy) is 2. The Morgan fingerprint density at radius 3 is 2.80 bits per heavy atom. The summed E-state index contributed by atoms with van der Waals surface area (Å²) in [5, 5.41) is 20.2. The summed E-state index contributed by atoms with van der Waals surface area (Å²) in [5.74, 6) is 1.68. The molecule has 0 spiro atoms. The number of aromatic amines is 1. The molecule has 10 nitrogen and oxygen atoms in total. The lowest BCUT2D eigenvalue weighted by molar-refractivity contribution is 0.122. The van der Waals surface area contributed by atoms with Crippen LogP contribution < -0.4 is 9.64 Å². The highest BCUT2D eigenvalue weighted by Gasteiger charge is 2.23. The Bertz CT molecular complexity index is 1160. The monoisotopic (exact) mass is 424 g/mol. The van der Waals surface area contributed by atoms with Gasteiger partial charge in [-0.15, -0.1) is 27.9 Å². The molecule has 0 aliphatic carbocycles. The zero-order valence-corrected chi connectivity index (χ0v) is 17.2. The number of aromatic nitrogens is 7. The number of thiol groups is 1. The molecule has 0 saturated carbocycles. The summed E-state index contributed by atoms with van der Waals surface area (Å²) < 4.78 is 13.4. The molecule has 30 heavy (non-hydrogen) atoms. The Morgan fingerprint density at radius 1 is 1.20 bits per heavy atom. The Balaban J connectivity index is 1.61. The van der Waals surface area contributed by atoms with Crippen molar-refractivity contribution in [3.8, 4) is 17.3 Å². The van der Waals surface area contributed by atoms with Crippen molar-refractivity contribution in [2.75, 3.05) is 31.2 Å². The summed E-state index contributed by atoms with van der Waals surface area (Å²) in [6.45, 7) is 4.67. The second-order valence-corrected chi connectivity index (χ2v) is 7.36. The number of nitrogens with zero attached hydrogens (tertiary/aromatic N) is 7. The normalized spacial score (nSPS) is 15.5. The van der Waals surface area contributed by atoms with Crippen molar-refractivity contribution in [3.63, 3.8) is 0 Å². The molecule has 3 aromatic heterocycles. The molecule has 5 rings (SSSR count). The van der Waals surface area contributed by atoms with Crippen LogP contribution in [0.5, 0.6) is 5.88 Å². The molecular formula is C19H20N8O2S. The van der Waals surface area contributed by atoms with Crippen LogP contribution in [0.4, 0.5) is 5.69 Å². The van der Waals surface area contributed by atoms with Crippen molar-refractivity contribution in [1.29, 1.82) is 0 Å². The van der Waals surface area contributed by atoms with Crippen molar-refractivity contribution < 1.29 is 9.47 Å². The molecule has 1 aliphatic rings. The fraction of sp³-hybridized carbons (Fsp3) is 0.316.